The van der Waals surface area contributed by atoms with E-state index in [1.54, 1.807) is 0 Å². The van der Waals surface area contributed by atoms with E-state index in [1.165, 1.54) is 0 Å². The van der Waals surface area contributed by atoms with Crippen LogP contribution in [-0.2, 0) is 57.2 Å². The summed E-state index contributed by atoms with van der Waals surface area (Å²) in [5.74, 6) is 1.68. The van der Waals surface area contributed by atoms with Gasteiger partial charge in [-0.25, -0.2) is 4.84 Å². The summed E-state index contributed by atoms with van der Waals surface area (Å²) in [5, 5.41) is -1.01. The van der Waals surface area contributed by atoms with Crippen LogP contribution in [0.2, 0.25) is 0 Å². The molecule has 0 radical (unpaired) electrons. The standard InChI is InChI=1S/C25H34NO12/c1-15(27-7-18-9-29-18)6-35-26(37-24-4-22(24)33-13-20-11-31-20,38-25-5-23(25)34-14-21-12-32-21)36-17-2-16(3-17)28-8-19-10-30-19/h2,4,16,18-21,23-25H,1,3,5-14H2/q+1. The largest absolute Gasteiger partial charge is 0.493 e. The fourth-order valence-corrected chi connectivity index (χ4v) is 3.61. The molecular formula is C25H34NO12+. The normalized spacial score (nSPS) is 38.6. The second kappa shape index (κ2) is 10.7. The number of epoxide rings is 4. The highest BCUT2D eigenvalue weighted by Gasteiger charge is 2.57. The zero-order valence-electron chi connectivity index (χ0n) is 21.1. The zero-order valence-corrected chi connectivity index (χ0v) is 21.1. The van der Waals surface area contributed by atoms with E-state index in [2.05, 4.69) is 6.58 Å². The molecule has 1 saturated carbocycles. The van der Waals surface area contributed by atoms with Gasteiger partial charge in [0.1, 0.15) is 49.1 Å². The molecule has 9 unspecified atom stereocenters. The summed E-state index contributed by atoms with van der Waals surface area (Å²) in [6.07, 6.45) is 4.53. The third-order valence-corrected chi connectivity index (χ3v) is 6.57. The highest BCUT2D eigenvalue weighted by atomic mass is 17.4. The average Bonchev–Trinajstić information content (AvgIpc) is 3.67. The van der Waals surface area contributed by atoms with Crippen LogP contribution in [0.1, 0.15) is 12.8 Å². The maximum atomic E-state index is 6.26. The summed E-state index contributed by atoms with van der Waals surface area (Å²) in [5.41, 5.74) is 0. The Hall–Kier alpha value is -1.78. The number of nitrogens with zero attached hydrogens (tertiary/aromatic N) is 1. The first-order chi connectivity index (χ1) is 18.6. The molecule has 5 fully saturated rings. The lowest BCUT2D eigenvalue weighted by Crippen LogP contribution is -2.51. The smallest absolute Gasteiger partial charge is 0.292 e. The lowest BCUT2D eigenvalue weighted by Gasteiger charge is -2.31. The quantitative estimate of drug-likeness (QED) is 0.0884. The van der Waals surface area contributed by atoms with Crippen LogP contribution in [0.25, 0.3) is 0 Å². The van der Waals surface area contributed by atoms with Gasteiger partial charge >= 0.3 is 0 Å². The molecule has 0 N–H and O–H groups in total. The van der Waals surface area contributed by atoms with E-state index >= 15 is 0 Å². The van der Waals surface area contributed by atoms with Crippen molar-refractivity contribution in [1.29, 1.82) is 0 Å². The van der Waals surface area contributed by atoms with E-state index < -0.39 is 11.2 Å². The molecule has 9 atom stereocenters. The number of hydrogen-bond donors (Lipinski definition) is 0. The van der Waals surface area contributed by atoms with Gasteiger partial charge in [0.15, 0.2) is 18.5 Å². The highest BCUT2D eigenvalue weighted by molar-refractivity contribution is 5.25. The molecule has 4 heterocycles. The first-order valence-corrected chi connectivity index (χ1v) is 13.2. The Labute approximate surface area is 220 Å². The van der Waals surface area contributed by atoms with E-state index in [1.807, 2.05) is 12.2 Å². The van der Waals surface area contributed by atoms with E-state index in [9.17, 15) is 0 Å². The summed E-state index contributed by atoms with van der Waals surface area (Å²) < 4.78 is 44.0. The first kappa shape index (κ1) is 25.2. The van der Waals surface area contributed by atoms with Gasteiger partial charge in [-0.15, -0.1) is 0 Å². The van der Waals surface area contributed by atoms with Gasteiger partial charge in [0.2, 0.25) is 6.10 Å². The summed E-state index contributed by atoms with van der Waals surface area (Å²) in [4.78, 5) is 24.7. The fourth-order valence-electron chi connectivity index (χ4n) is 3.61. The summed E-state index contributed by atoms with van der Waals surface area (Å²) >= 11 is 0. The van der Waals surface area contributed by atoms with Crippen LogP contribution in [0.5, 0.6) is 0 Å². The van der Waals surface area contributed by atoms with Gasteiger partial charge in [-0.3, -0.25) is 0 Å². The van der Waals surface area contributed by atoms with Crippen molar-refractivity contribution in [1.82, 2.24) is 0 Å². The van der Waals surface area contributed by atoms with Crippen molar-refractivity contribution in [3.63, 3.8) is 0 Å². The summed E-state index contributed by atoms with van der Waals surface area (Å²) in [6.45, 7) is 8.75. The Kier molecular flexibility index (Phi) is 7.07. The maximum Gasteiger partial charge on any atom is 0.292 e. The Morgan fingerprint density at radius 2 is 1.50 bits per heavy atom. The van der Waals surface area contributed by atoms with Gasteiger partial charge in [-0.2, -0.15) is 0 Å². The van der Waals surface area contributed by atoms with Crippen molar-refractivity contribution in [2.24, 2.45) is 0 Å². The van der Waals surface area contributed by atoms with Gasteiger partial charge in [-0.1, -0.05) is 21.1 Å². The van der Waals surface area contributed by atoms with Crippen molar-refractivity contribution in [3.8, 4) is 0 Å². The molecule has 7 rings (SSSR count). The Morgan fingerprint density at radius 1 is 0.842 bits per heavy atom. The molecule has 38 heavy (non-hydrogen) atoms. The van der Waals surface area contributed by atoms with Crippen LogP contribution in [0.3, 0.4) is 0 Å². The van der Waals surface area contributed by atoms with Crippen molar-refractivity contribution in [2.75, 3.05) is 59.5 Å². The fraction of sp³-hybridized carbons (Fsp3) is 0.760. The van der Waals surface area contributed by atoms with E-state index in [-0.39, 0.29) is 49.3 Å². The first-order valence-electron chi connectivity index (χ1n) is 13.2. The number of ether oxygens (including phenoxy) is 8. The van der Waals surface area contributed by atoms with Crippen molar-refractivity contribution >= 4 is 0 Å². The average molecular weight is 541 g/mol. The van der Waals surface area contributed by atoms with Crippen LogP contribution in [-0.4, -0.2) is 113 Å². The number of quaternary nitrogens is 1. The maximum absolute atomic E-state index is 6.26. The topological polar surface area (TPSA) is 124 Å². The van der Waals surface area contributed by atoms with Crippen LogP contribution < -0.4 is 0 Å². The molecular weight excluding hydrogens is 506 g/mol. The van der Waals surface area contributed by atoms with Gasteiger partial charge in [-0.05, 0) is 12.2 Å². The van der Waals surface area contributed by atoms with E-state index in [0.29, 0.717) is 69.8 Å². The summed E-state index contributed by atoms with van der Waals surface area (Å²) in [6, 6.07) is 0. The lowest BCUT2D eigenvalue weighted by atomic mass is 10.1. The zero-order chi connectivity index (χ0) is 25.5. The van der Waals surface area contributed by atoms with E-state index in [4.69, 9.17) is 57.2 Å². The Balaban J connectivity index is 0.994. The van der Waals surface area contributed by atoms with Crippen LogP contribution >= 0.6 is 0 Å². The van der Waals surface area contributed by atoms with Crippen molar-refractivity contribution in [3.05, 3.63) is 36.0 Å². The minimum atomic E-state index is -1.01. The molecule has 7 aliphatic rings. The summed E-state index contributed by atoms with van der Waals surface area (Å²) in [7, 11) is 0. The second-order valence-corrected chi connectivity index (χ2v) is 10.3. The molecule has 0 amide bonds. The van der Waals surface area contributed by atoms with Crippen molar-refractivity contribution in [2.45, 2.75) is 61.7 Å². The minimum Gasteiger partial charge on any atom is -0.493 e. The minimum absolute atomic E-state index is 0.0358. The molecule has 0 aromatic heterocycles. The molecule has 4 saturated heterocycles. The third kappa shape index (κ3) is 7.45. The van der Waals surface area contributed by atoms with Crippen molar-refractivity contribution < 1.29 is 62.4 Å². The van der Waals surface area contributed by atoms with Crippen LogP contribution in [0.4, 0.5) is 0 Å². The number of rotatable bonds is 21. The predicted molar refractivity (Wildman–Crippen MR) is 122 cm³/mol. The Morgan fingerprint density at radius 3 is 2.21 bits per heavy atom. The molecule has 4 aliphatic heterocycles. The van der Waals surface area contributed by atoms with Crippen LogP contribution in [0, 0.1) is 0 Å². The SMILES string of the molecule is C=C(CO[N+](OC1=CC(OCC2CO2)C1)(OC1C=C1OCC1CO1)OC1CC1OCC1CO1)OCC1CO1. The highest BCUT2D eigenvalue weighted by Crippen LogP contribution is 2.40. The van der Waals surface area contributed by atoms with Gasteiger partial charge in [0, 0.05) is 12.8 Å². The monoisotopic (exact) mass is 540 g/mol. The molecule has 13 heteroatoms. The van der Waals surface area contributed by atoms with Gasteiger partial charge in [0.25, 0.3) is 5.14 Å². The molecule has 0 aromatic rings. The molecule has 13 nitrogen and oxygen atoms in total. The van der Waals surface area contributed by atoms with Crippen LogP contribution in [0.15, 0.2) is 36.0 Å². The lowest BCUT2D eigenvalue weighted by molar-refractivity contribution is -1.47. The Bertz CT molecular complexity index is 937. The molecule has 210 valence electrons. The van der Waals surface area contributed by atoms with Gasteiger partial charge < -0.3 is 37.9 Å². The second-order valence-electron chi connectivity index (χ2n) is 10.3. The third-order valence-electron chi connectivity index (χ3n) is 6.57. The molecule has 0 spiro atoms. The molecule has 3 aliphatic carbocycles. The molecule has 0 aromatic carbocycles. The predicted octanol–water partition coefficient (Wildman–Crippen LogP) is 0.768. The number of hydrogen-bond acceptors (Lipinski definition) is 12. The van der Waals surface area contributed by atoms with Gasteiger partial charge in [0.05, 0.1) is 51.8 Å². The molecule has 0 bridgehead atoms. The van der Waals surface area contributed by atoms with E-state index in [0.717, 1.165) is 13.2 Å².